The molecule has 1 aromatic carbocycles. The van der Waals surface area contributed by atoms with Gasteiger partial charge in [0.15, 0.2) is 0 Å². The number of thioether (sulfide) groups is 1. The number of aromatic amines is 1. The van der Waals surface area contributed by atoms with Crippen LogP contribution in [0.3, 0.4) is 0 Å². The zero-order valence-electron chi connectivity index (χ0n) is 18.7. The molecule has 0 amide bonds. The van der Waals surface area contributed by atoms with Gasteiger partial charge in [0.05, 0.1) is 36.2 Å². The fraction of sp³-hybridized carbons (Fsp3) is 0.625. The molecule has 2 fully saturated rings. The Hall–Kier alpha value is -1.54. The molecule has 0 radical (unpaired) electrons. The van der Waals surface area contributed by atoms with Crippen LogP contribution in [0.2, 0.25) is 0 Å². The molecule has 5 rings (SSSR count). The summed E-state index contributed by atoms with van der Waals surface area (Å²) in [6.07, 6.45) is 2.29. The summed E-state index contributed by atoms with van der Waals surface area (Å²) in [4.78, 5) is 11.3. The highest BCUT2D eigenvalue weighted by Crippen LogP contribution is 2.32. The Labute approximate surface area is 189 Å². The van der Waals surface area contributed by atoms with Crippen LogP contribution in [0.1, 0.15) is 31.0 Å². The summed E-state index contributed by atoms with van der Waals surface area (Å²) in [5.41, 5.74) is 4.83. The highest BCUT2D eigenvalue weighted by atomic mass is 32.2. The summed E-state index contributed by atoms with van der Waals surface area (Å²) < 4.78 is 11.0. The van der Waals surface area contributed by atoms with Gasteiger partial charge in [-0.15, -0.1) is 11.8 Å². The van der Waals surface area contributed by atoms with Gasteiger partial charge in [0.2, 0.25) is 0 Å². The smallest absolute Gasteiger partial charge is 0.114 e. The van der Waals surface area contributed by atoms with Crippen molar-refractivity contribution in [3.05, 3.63) is 29.5 Å². The first-order valence-corrected chi connectivity index (χ1v) is 12.6. The molecule has 168 valence electrons. The van der Waals surface area contributed by atoms with E-state index in [2.05, 4.69) is 47.2 Å². The third-order valence-electron chi connectivity index (χ3n) is 6.88. The summed E-state index contributed by atoms with van der Waals surface area (Å²) in [6, 6.07) is 7.60. The molecule has 2 atom stereocenters. The van der Waals surface area contributed by atoms with Gasteiger partial charge in [0.1, 0.15) is 5.04 Å². The monoisotopic (exact) mass is 442 g/mol. The molecular formula is C24H34N4O2S. The van der Waals surface area contributed by atoms with Crippen molar-refractivity contribution in [3.63, 3.8) is 0 Å². The van der Waals surface area contributed by atoms with Crippen LogP contribution in [-0.2, 0) is 9.47 Å². The topological polar surface area (TPSA) is 61.9 Å². The van der Waals surface area contributed by atoms with E-state index < -0.39 is 0 Å². The highest BCUT2D eigenvalue weighted by molar-refractivity contribution is 8.14. The maximum Gasteiger partial charge on any atom is 0.114 e. The molecule has 3 aliphatic rings. The maximum atomic E-state index is 5.52. The van der Waals surface area contributed by atoms with E-state index in [9.17, 15) is 0 Å². The average Bonchev–Trinajstić information content (AvgIpc) is 3.45. The lowest BCUT2D eigenvalue weighted by Crippen LogP contribution is -2.47. The number of hydrogen-bond acceptors (Lipinski definition) is 6. The average molecular weight is 443 g/mol. The largest absolute Gasteiger partial charge is 0.383 e. The zero-order valence-corrected chi connectivity index (χ0v) is 19.5. The minimum atomic E-state index is 0.345. The van der Waals surface area contributed by atoms with Gasteiger partial charge in [0, 0.05) is 50.0 Å². The van der Waals surface area contributed by atoms with E-state index in [0.717, 1.165) is 75.4 Å². The lowest BCUT2D eigenvalue weighted by Gasteiger charge is -2.34. The third-order valence-corrected chi connectivity index (χ3v) is 7.98. The predicted molar refractivity (Wildman–Crippen MR) is 130 cm³/mol. The summed E-state index contributed by atoms with van der Waals surface area (Å²) in [7, 11) is 0. The number of aromatic nitrogens is 1. The number of morpholine rings is 1. The van der Waals surface area contributed by atoms with E-state index in [1.807, 2.05) is 11.8 Å². The summed E-state index contributed by atoms with van der Waals surface area (Å²) in [5.74, 6) is 1.74. The van der Waals surface area contributed by atoms with Gasteiger partial charge in [-0.2, -0.15) is 0 Å². The molecule has 2 N–H and O–H groups in total. The van der Waals surface area contributed by atoms with Crippen molar-refractivity contribution in [2.45, 2.75) is 38.8 Å². The van der Waals surface area contributed by atoms with Crippen molar-refractivity contribution in [1.29, 1.82) is 0 Å². The number of rotatable bonds is 6. The van der Waals surface area contributed by atoms with Crippen molar-refractivity contribution < 1.29 is 9.47 Å². The lowest BCUT2D eigenvalue weighted by atomic mass is 10.0. The first-order valence-electron chi connectivity index (χ1n) is 11.6. The van der Waals surface area contributed by atoms with Crippen molar-refractivity contribution in [2.24, 2.45) is 10.9 Å². The third kappa shape index (κ3) is 4.80. The number of ether oxygens (including phenoxy) is 2. The molecule has 3 aliphatic heterocycles. The van der Waals surface area contributed by atoms with Crippen molar-refractivity contribution in [2.75, 3.05) is 57.1 Å². The number of anilines is 1. The molecule has 2 unspecified atom stereocenters. The standard InChI is InChI=1S/C24H34N4O2S/c1-16-11-19-13-21(24-27-22(15-31-24)17(2)28-5-9-30-10-6-28)26-23(19)20(12-16)25-14-18-3-7-29-8-4-18/h11-13,17-18,22,25-26H,3-10,14-15H2,1-2H3. The highest BCUT2D eigenvalue weighted by Gasteiger charge is 2.30. The first kappa shape index (κ1) is 21.3. The molecule has 0 aliphatic carbocycles. The van der Waals surface area contributed by atoms with Crippen LogP contribution < -0.4 is 5.32 Å². The lowest BCUT2D eigenvalue weighted by molar-refractivity contribution is 0.0169. The van der Waals surface area contributed by atoms with Crippen molar-refractivity contribution in [3.8, 4) is 0 Å². The normalized spacial score (nSPS) is 24.5. The number of nitrogens with zero attached hydrogens (tertiary/aromatic N) is 2. The van der Waals surface area contributed by atoms with Gasteiger partial charge in [0.25, 0.3) is 0 Å². The zero-order chi connectivity index (χ0) is 21.2. The van der Waals surface area contributed by atoms with Gasteiger partial charge in [-0.05, 0) is 56.4 Å². The van der Waals surface area contributed by atoms with Crippen LogP contribution in [0.5, 0.6) is 0 Å². The molecule has 7 heteroatoms. The Kier molecular flexibility index (Phi) is 6.55. The number of fused-ring (bicyclic) bond motifs is 1. The van der Waals surface area contributed by atoms with Gasteiger partial charge in [-0.1, -0.05) is 0 Å². The molecular weight excluding hydrogens is 408 g/mol. The van der Waals surface area contributed by atoms with Crippen LogP contribution in [-0.4, -0.2) is 78.8 Å². The molecule has 31 heavy (non-hydrogen) atoms. The Morgan fingerprint density at radius 3 is 2.74 bits per heavy atom. The van der Waals surface area contributed by atoms with Crippen molar-refractivity contribution >= 4 is 33.4 Å². The maximum absolute atomic E-state index is 5.52. The van der Waals surface area contributed by atoms with E-state index in [-0.39, 0.29) is 0 Å². The number of aryl methyl sites for hydroxylation is 1. The second-order valence-electron chi connectivity index (χ2n) is 9.10. The molecule has 0 spiro atoms. The number of hydrogen-bond donors (Lipinski definition) is 2. The Morgan fingerprint density at radius 1 is 1.16 bits per heavy atom. The quantitative estimate of drug-likeness (QED) is 0.711. The predicted octanol–water partition coefficient (Wildman–Crippen LogP) is 3.90. The Balaban J connectivity index is 1.33. The summed E-state index contributed by atoms with van der Waals surface area (Å²) in [6.45, 7) is 11.0. The Bertz CT molecular complexity index is 931. The van der Waals surface area contributed by atoms with E-state index in [4.69, 9.17) is 14.5 Å². The second kappa shape index (κ2) is 9.53. The summed E-state index contributed by atoms with van der Waals surface area (Å²) >= 11 is 1.88. The van der Waals surface area contributed by atoms with E-state index in [0.29, 0.717) is 18.0 Å². The minimum Gasteiger partial charge on any atom is -0.383 e. The van der Waals surface area contributed by atoms with Crippen LogP contribution >= 0.6 is 11.8 Å². The fourth-order valence-corrected chi connectivity index (χ4v) is 6.02. The molecule has 4 heterocycles. The van der Waals surface area contributed by atoms with Crippen LogP contribution in [0.15, 0.2) is 23.2 Å². The molecule has 2 saturated heterocycles. The molecule has 2 aromatic rings. The minimum absolute atomic E-state index is 0.345. The second-order valence-corrected chi connectivity index (χ2v) is 10.1. The van der Waals surface area contributed by atoms with E-state index in [1.165, 1.54) is 22.2 Å². The molecule has 6 nitrogen and oxygen atoms in total. The van der Waals surface area contributed by atoms with Gasteiger partial charge in [-0.25, -0.2) is 0 Å². The van der Waals surface area contributed by atoms with Crippen molar-refractivity contribution in [1.82, 2.24) is 9.88 Å². The number of H-pyrrole nitrogens is 1. The Morgan fingerprint density at radius 2 is 1.94 bits per heavy atom. The van der Waals surface area contributed by atoms with Crippen LogP contribution in [0.4, 0.5) is 5.69 Å². The van der Waals surface area contributed by atoms with Gasteiger partial charge < -0.3 is 19.8 Å². The fourth-order valence-electron chi connectivity index (χ4n) is 4.87. The van der Waals surface area contributed by atoms with E-state index in [1.54, 1.807) is 0 Å². The molecule has 1 aromatic heterocycles. The SMILES string of the molecule is Cc1cc(NCC2CCOCC2)c2[nH]c(C3=NC(C(C)N4CCOCC4)CS3)cc2c1. The molecule has 0 saturated carbocycles. The summed E-state index contributed by atoms with van der Waals surface area (Å²) in [5, 5.41) is 6.13. The van der Waals surface area contributed by atoms with E-state index >= 15 is 0 Å². The molecule has 0 bridgehead atoms. The van der Waals surface area contributed by atoms with Crippen LogP contribution in [0, 0.1) is 12.8 Å². The number of aliphatic imine (C=N–C) groups is 1. The number of nitrogens with one attached hydrogen (secondary N) is 2. The number of benzene rings is 1. The van der Waals surface area contributed by atoms with Gasteiger partial charge >= 0.3 is 0 Å². The first-order chi connectivity index (χ1) is 15.2. The van der Waals surface area contributed by atoms with Gasteiger partial charge in [-0.3, -0.25) is 9.89 Å². The van der Waals surface area contributed by atoms with Crippen LogP contribution in [0.25, 0.3) is 10.9 Å².